The molecule has 0 aromatic heterocycles. The lowest BCUT2D eigenvalue weighted by Crippen LogP contribution is -2.36. The highest BCUT2D eigenvalue weighted by atomic mass is 16.5. The van der Waals surface area contributed by atoms with Crippen LogP contribution in [-0.4, -0.2) is 31.1 Å². The van der Waals surface area contributed by atoms with Gasteiger partial charge >= 0.3 is 0 Å². The minimum absolute atomic E-state index is 0.0875. The van der Waals surface area contributed by atoms with Gasteiger partial charge in [-0.2, -0.15) is 0 Å². The molecule has 1 saturated carbocycles. The Balaban J connectivity index is 2.07. The number of likely N-dealkylation sites (N-methyl/N-ethyl adjacent to an activating group) is 1. The van der Waals surface area contributed by atoms with Crippen LogP contribution in [0.2, 0.25) is 0 Å². The molecule has 2 N–H and O–H groups in total. The van der Waals surface area contributed by atoms with E-state index in [0.717, 1.165) is 31.7 Å². The summed E-state index contributed by atoms with van der Waals surface area (Å²) in [5.41, 5.74) is 10.2. The fourth-order valence-corrected chi connectivity index (χ4v) is 2.45. The summed E-state index contributed by atoms with van der Waals surface area (Å²) in [6.45, 7) is 6.21. The zero-order valence-corrected chi connectivity index (χ0v) is 11.9. The van der Waals surface area contributed by atoms with Crippen LogP contribution >= 0.6 is 0 Å². The van der Waals surface area contributed by atoms with Crippen LogP contribution in [0, 0.1) is 13.8 Å². The van der Waals surface area contributed by atoms with Gasteiger partial charge in [0, 0.05) is 18.6 Å². The summed E-state index contributed by atoms with van der Waals surface area (Å²) in [5.74, 6) is 0.969. The van der Waals surface area contributed by atoms with Crippen LogP contribution in [0.25, 0.3) is 0 Å². The van der Waals surface area contributed by atoms with E-state index in [2.05, 4.69) is 37.9 Å². The molecule has 3 heteroatoms. The van der Waals surface area contributed by atoms with Crippen LogP contribution in [0.3, 0.4) is 0 Å². The number of ether oxygens (including phenoxy) is 1. The molecule has 0 spiro atoms. The quantitative estimate of drug-likeness (QED) is 0.868. The third kappa shape index (κ3) is 2.85. The maximum absolute atomic E-state index is 6.15. The molecule has 100 valence electrons. The highest BCUT2D eigenvalue weighted by Gasteiger charge is 2.38. The van der Waals surface area contributed by atoms with Crippen molar-refractivity contribution < 1.29 is 4.74 Å². The van der Waals surface area contributed by atoms with Gasteiger partial charge in [-0.1, -0.05) is 6.07 Å². The lowest BCUT2D eigenvalue weighted by Gasteiger charge is -2.22. The average Bonchev–Trinajstić information content (AvgIpc) is 3.03. The van der Waals surface area contributed by atoms with Gasteiger partial charge in [0.1, 0.15) is 5.75 Å². The zero-order chi connectivity index (χ0) is 13.3. The smallest absolute Gasteiger partial charge is 0.122 e. The molecular weight excluding hydrogens is 224 g/mol. The zero-order valence-electron chi connectivity index (χ0n) is 11.9. The largest absolute Gasteiger partial charge is 0.496 e. The minimum Gasteiger partial charge on any atom is -0.496 e. The summed E-state index contributed by atoms with van der Waals surface area (Å²) >= 11 is 0. The van der Waals surface area contributed by atoms with E-state index in [1.54, 1.807) is 7.11 Å². The van der Waals surface area contributed by atoms with Gasteiger partial charge in [0.05, 0.1) is 7.11 Å². The van der Waals surface area contributed by atoms with E-state index in [9.17, 15) is 0 Å². The van der Waals surface area contributed by atoms with E-state index in [1.165, 1.54) is 16.7 Å². The Bertz CT molecular complexity index is 438. The van der Waals surface area contributed by atoms with Crippen molar-refractivity contribution in [3.63, 3.8) is 0 Å². The van der Waals surface area contributed by atoms with Crippen molar-refractivity contribution in [2.75, 3.05) is 20.7 Å². The highest BCUT2D eigenvalue weighted by molar-refractivity contribution is 5.43. The Morgan fingerprint density at radius 2 is 1.94 bits per heavy atom. The van der Waals surface area contributed by atoms with E-state index in [4.69, 9.17) is 10.5 Å². The fraction of sp³-hybridized carbons (Fsp3) is 0.600. The van der Waals surface area contributed by atoms with Crippen molar-refractivity contribution in [1.82, 2.24) is 4.90 Å². The van der Waals surface area contributed by atoms with Crippen LogP contribution in [0.15, 0.2) is 12.1 Å². The summed E-state index contributed by atoms with van der Waals surface area (Å²) in [5, 5.41) is 0. The Morgan fingerprint density at radius 1 is 1.28 bits per heavy atom. The summed E-state index contributed by atoms with van der Waals surface area (Å²) < 4.78 is 5.34. The molecule has 0 saturated heterocycles. The van der Waals surface area contributed by atoms with Gasteiger partial charge in [-0.15, -0.1) is 0 Å². The molecule has 1 aromatic rings. The second-order valence-corrected chi connectivity index (χ2v) is 5.71. The van der Waals surface area contributed by atoms with Gasteiger partial charge in [0.15, 0.2) is 0 Å². The van der Waals surface area contributed by atoms with Gasteiger partial charge in [-0.25, -0.2) is 0 Å². The molecule has 0 amide bonds. The van der Waals surface area contributed by atoms with Gasteiger partial charge in [-0.3, -0.25) is 0 Å². The van der Waals surface area contributed by atoms with Crippen LogP contribution < -0.4 is 10.5 Å². The maximum atomic E-state index is 6.15. The van der Waals surface area contributed by atoms with Crippen molar-refractivity contribution in [1.29, 1.82) is 0 Å². The van der Waals surface area contributed by atoms with Gasteiger partial charge in [-0.05, 0) is 56.5 Å². The number of methoxy groups -OCH3 is 1. The normalized spacial score (nSPS) is 17.0. The first-order valence-electron chi connectivity index (χ1n) is 6.56. The first-order chi connectivity index (χ1) is 8.45. The number of hydrogen-bond donors (Lipinski definition) is 1. The molecule has 0 radical (unpaired) electrons. The summed E-state index contributed by atoms with van der Waals surface area (Å²) in [4.78, 5) is 2.32. The molecule has 1 fully saturated rings. The second-order valence-electron chi connectivity index (χ2n) is 5.71. The Labute approximate surface area is 110 Å². The van der Waals surface area contributed by atoms with E-state index < -0.39 is 0 Å². The molecule has 0 heterocycles. The number of rotatable bonds is 5. The summed E-state index contributed by atoms with van der Waals surface area (Å²) in [6.07, 6.45) is 2.33. The van der Waals surface area contributed by atoms with Crippen LogP contribution in [0.5, 0.6) is 5.75 Å². The molecule has 0 unspecified atom stereocenters. The molecule has 3 nitrogen and oxygen atoms in total. The summed E-state index contributed by atoms with van der Waals surface area (Å²) in [6, 6.07) is 4.22. The fourth-order valence-electron chi connectivity index (χ4n) is 2.45. The van der Waals surface area contributed by atoms with E-state index >= 15 is 0 Å². The van der Waals surface area contributed by atoms with Crippen LogP contribution in [0.4, 0.5) is 0 Å². The monoisotopic (exact) mass is 248 g/mol. The maximum Gasteiger partial charge on any atom is 0.122 e. The Kier molecular flexibility index (Phi) is 3.64. The molecule has 2 rings (SSSR count). The predicted molar refractivity (Wildman–Crippen MR) is 75.0 cm³/mol. The third-order valence-corrected chi connectivity index (χ3v) is 3.99. The van der Waals surface area contributed by atoms with E-state index in [0.29, 0.717) is 0 Å². The molecule has 0 atom stereocenters. The van der Waals surface area contributed by atoms with Crippen molar-refractivity contribution >= 4 is 0 Å². The van der Waals surface area contributed by atoms with Crippen molar-refractivity contribution in [2.45, 2.75) is 38.8 Å². The second kappa shape index (κ2) is 4.90. The van der Waals surface area contributed by atoms with Crippen molar-refractivity contribution in [3.05, 3.63) is 28.8 Å². The molecular formula is C15H24N2O. The number of nitrogens with zero attached hydrogens (tertiary/aromatic N) is 1. The molecule has 1 aliphatic rings. The van der Waals surface area contributed by atoms with Gasteiger partial charge in [0.25, 0.3) is 0 Å². The number of hydrogen-bond acceptors (Lipinski definition) is 3. The third-order valence-electron chi connectivity index (χ3n) is 3.99. The Hall–Kier alpha value is -1.06. The lowest BCUT2D eigenvalue weighted by molar-refractivity contribution is 0.295. The molecule has 0 aliphatic heterocycles. The van der Waals surface area contributed by atoms with Crippen molar-refractivity contribution in [3.8, 4) is 5.75 Å². The van der Waals surface area contributed by atoms with Crippen LogP contribution in [-0.2, 0) is 6.54 Å². The SMILES string of the molecule is COc1ccc(CN(C)CC2(N)CC2)c(C)c1C. The average molecular weight is 248 g/mol. The van der Waals surface area contributed by atoms with Crippen LogP contribution in [0.1, 0.15) is 29.5 Å². The molecule has 0 bridgehead atoms. The molecule has 1 aliphatic carbocycles. The highest BCUT2D eigenvalue weighted by Crippen LogP contribution is 2.33. The van der Waals surface area contributed by atoms with Gasteiger partial charge in [0.2, 0.25) is 0 Å². The first-order valence-corrected chi connectivity index (χ1v) is 6.56. The van der Waals surface area contributed by atoms with E-state index in [-0.39, 0.29) is 5.54 Å². The lowest BCUT2D eigenvalue weighted by atomic mass is 10.0. The summed E-state index contributed by atoms with van der Waals surface area (Å²) in [7, 11) is 3.87. The molecule has 1 aromatic carbocycles. The van der Waals surface area contributed by atoms with Gasteiger partial charge < -0.3 is 15.4 Å². The van der Waals surface area contributed by atoms with E-state index in [1.807, 2.05) is 0 Å². The Morgan fingerprint density at radius 3 is 2.50 bits per heavy atom. The van der Waals surface area contributed by atoms with Crippen molar-refractivity contribution in [2.24, 2.45) is 5.73 Å². The minimum atomic E-state index is 0.0875. The first kappa shape index (κ1) is 13.4. The number of benzene rings is 1. The topological polar surface area (TPSA) is 38.5 Å². The molecule has 18 heavy (non-hydrogen) atoms. The standard InChI is InChI=1S/C15H24N2O/c1-11-12(2)14(18-4)6-5-13(11)9-17(3)10-15(16)7-8-15/h5-6H,7-10,16H2,1-4H3. The predicted octanol–water partition coefficient (Wildman–Crippen LogP) is 2.24. The number of nitrogens with two attached hydrogens (primary N) is 1.